The molecule has 0 spiro atoms. The Kier molecular flexibility index (Phi) is 3.27. The van der Waals surface area contributed by atoms with Crippen LogP contribution in [0.25, 0.3) is 0 Å². The number of imidazole rings is 1. The third-order valence-corrected chi connectivity index (χ3v) is 2.90. The molecule has 16 heavy (non-hydrogen) atoms. The zero-order valence-corrected chi connectivity index (χ0v) is 9.72. The minimum atomic E-state index is -0.562. The van der Waals surface area contributed by atoms with E-state index in [1.54, 1.807) is 17.0 Å². The Bertz CT molecular complexity index is 481. The molecule has 84 valence electrons. The molecule has 1 N–H and O–H groups in total. The summed E-state index contributed by atoms with van der Waals surface area (Å²) >= 11 is 5.85. The van der Waals surface area contributed by atoms with Gasteiger partial charge in [0.15, 0.2) is 0 Å². The lowest BCUT2D eigenvalue weighted by Gasteiger charge is -2.14. The Morgan fingerprint density at radius 2 is 2.19 bits per heavy atom. The van der Waals surface area contributed by atoms with E-state index in [0.717, 1.165) is 11.1 Å². The fraction of sp³-hybridized carbons (Fsp3) is 0.250. The molecule has 2 rings (SSSR count). The summed E-state index contributed by atoms with van der Waals surface area (Å²) in [4.78, 5) is 3.90. The van der Waals surface area contributed by atoms with Crippen LogP contribution in [-0.4, -0.2) is 14.7 Å². The highest BCUT2D eigenvalue weighted by molar-refractivity contribution is 6.28. The maximum Gasteiger partial charge on any atom is 0.202 e. The van der Waals surface area contributed by atoms with Crippen molar-refractivity contribution < 1.29 is 5.11 Å². The zero-order valence-electron chi connectivity index (χ0n) is 8.97. The van der Waals surface area contributed by atoms with Crippen molar-refractivity contribution in [1.29, 1.82) is 0 Å². The van der Waals surface area contributed by atoms with Crippen molar-refractivity contribution in [2.45, 2.75) is 19.6 Å². The molecule has 0 aliphatic heterocycles. The number of aryl methyl sites for hydroxylation is 1. The summed E-state index contributed by atoms with van der Waals surface area (Å²) in [6.07, 6.45) is 2.81. The average molecular weight is 237 g/mol. The first kappa shape index (κ1) is 11.2. The van der Waals surface area contributed by atoms with E-state index in [1.165, 1.54) is 0 Å². The monoisotopic (exact) mass is 236 g/mol. The second-order valence-corrected chi connectivity index (χ2v) is 4.06. The summed E-state index contributed by atoms with van der Waals surface area (Å²) in [5.74, 6) is 0. The maximum atomic E-state index is 10.1. The van der Waals surface area contributed by atoms with Gasteiger partial charge in [0.1, 0.15) is 0 Å². The lowest BCUT2D eigenvalue weighted by atomic mass is 10.0. The third-order valence-electron chi connectivity index (χ3n) is 2.58. The molecule has 0 bridgehead atoms. The van der Waals surface area contributed by atoms with Gasteiger partial charge in [0.25, 0.3) is 0 Å². The molecule has 0 aliphatic rings. The highest BCUT2D eigenvalue weighted by Crippen LogP contribution is 2.20. The van der Waals surface area contributed by atoms with Crippen LogP contribution < -0.4 is 0 Å². The molecule has 0 saturated carbocycles. The van der Waals surface area contributed by atoms with Gasteiger partial charge in [-0.05, 0) is 29.7 Å². The van der Waals surface area contributed by atoms with Gasteiger partial charge in [-0.1, -0.05) is 24.3 Å². The van der Waals surface area contributed by atoms with Gasteiger partial charge in [0.05, 0.1) is 12.6 Å². The second-order valence-electron chi connectivity index (χ2n) is 3.72. The van der Waals surface area contributed by atoms with Crippen LogP contribution >= 0.6 is 11.6 Å². The molecule has 1 aromatic heterocycles. The molecule has 3 nitrogen and oxygen atoms in total. The van der Waals surface area contributed by atoms with E-state index in [1.807, 2.05) is 31.2 Å². The predicted molar refractivity (Wildman–Crippen MR) is 63.4 cm³/mol. The molecule has 1 heterocycles. The van der Waals surface area contributed by atoms with E-state index in [2.05, 4.69) is 4.98 Å². The summed E-state index contributed by atoms with van der Waals surface area (Å²) < 4.78 is 1.72. The number of nitrogens with zero attached hydrogens (tertiary/aromatic N) is 2. The Hall–Kier alpha value is -1.32. The molecular weight excluding hydrogens is 224 g/mol. The van der Waals surface area contributed by atoms with Crippen LogP contribution in [0, 0.1) is 6.92 Å². The fourth-order valence-electron chi connectivity index (χ4n) is 1.69. The van der Waals surface area contributed by atoms with Crippen LogP contribution in [0.3, 0.4) is 0 Å². The van der Waals surface area contributed by atoms with E-state index >= 15 is 0 Å². The molecule has 4 heteroatoms. The van der Waals surface area contributed by atoms with Crippen LogP contribution in [0.15, 0.2) is 36.7 Å². The molecule has 2 aromatic rings. The van der Waals surface area contributed by atoms with Crippen LogP contribution in [0.4, 0.5) is 0 Å². The van der Waals surface area contributed by atoms with Crippen molar-refractivity contribution in [3.05, 3.63) is 53.1 Å². The quantitative estimate of drug-likeness (QED) is 0.890. The maximum absolute atomic E-state index is 10.1. The van der Waals surface area contributed by atoms with Crippen LogP contribution in [0.2, 0.25) is 5.28 Å². The summed E-state index contributed by atoms with van der Waals surface area (Å²) in [6.45, 7) is 2.40. The van der Waals surface area contributed by atoms with Crippen molar-refractivity contribution >= 4 is 11.6 Å². The molecule has 0 amide bonds. The van der Waals surface area contributed by atoms with E-state index in [9.17, 15) is 5.11 Å². The topological polar surface area (TPSA) is 38.0 Å². The Labute approximate surface area is 99.3 Å². The second kappa shape index (κ2) is 4.68. The van der Waals surface area contributed by atoms with E-state index < -0.39 is 6.10 Å². The first-order chi connectivity index (χ1) is 7.68. The minimum absolute atomic E-state index is 0.396. The molecule has 1 aromatic carbocycles. The lowest BCUT2D eigenvalue weighted by molar-refractivity contribution is 0.156. The van der Waals surface area contributed by atoms with Crippen molar-refractivity contribution in [3.8, 4) is 0 Å². The van der Waals surface area contributed by atoms with Gasteiger partial charge in [0, 0.05) is 12.4 Å². The van der Waals surface area contributed by atoms with E-state index in [4.69, 9.17) is 11.6 Å². The van der Waals surface area contributed by atoms with Gasteiger partial charge in [-0.2, -0.15) is 0 Å². The number of hydrogen-bond donors (Lipinski definition) is 1. The average Bonchev–Trinajstić information content (AvgIpc) is 2.65. The third kappa shape index (κ3) is 2.26. The molecule has 0 radical (unpaired) electrons. The standard InChI is InChI=1S/C12H13ClN2O/c1-9-4-2-3-5-10(9)11(16)8-15-7-6-14-12(15)13/h2-7,11,16H,8H2,1H3. The van der Waals surface area contributed by atoms with Crippen LogP contribution in [-0.2, 0) is 6.54 Å². The Morgan fingerprint density at radius 1 is 1.44 bits per heavy atom. The number of rotatable bonds is 3. The van der Waals surface area contributed by atoms with Gasteiger partial charge in [0.2, 0.25) is 5.28 Å². The fourth-order valence-corrected chi connectivity index (χ4v) is 1.87. The van der Waals surface area contributed by atoms with Crippen molar-refractivity contribution in [2.75, 3.05) is 0 Å². The lowest BCUT2D eigenvalue weighted by Crippen LogP contribution is -2.09. The Morgan fingerprint density at radius 3 is 2.81 bits per heavy atom. The molecule has 0 saturated heterocycles. The van der Waals surface area contributed by atoms with Crippen LogP contribution in [0.5, 0.6) is 0 Å². The molecule has 0 fully saturated rings. The molecular formula is C12H13ClN2O. The smallest absolute Gasteiger partial charge is 0.202 e. The van der Waals surface area contributed by atoms with Gasteiger partial charge in [-0.25, -0.2) is 4.98 Å². The Balaban J connectivity index is 2.18. The number of hydrogen-bond acceptors (Lipinski definition) is 2. The zero-order chi connectivity index (χ0) is 11.5. The van der Waals surface area contributed by atoms with Crippen LogP contribution in [0.1, 0.15) is 17.2 Å². The van der Waals surface area contributed by atoms with E-state index in [0.29, 0.717) is 11.8 Å². The number of halogens is 1. The highest BCUT2D eigenvalue weighted by atomic mass is 35.5. The van der Waals surface area contributed by atoms with E-state index in [-0.39, 0.29) is 0 Å². The molecule has 1 atom stereocenters. The van der Waals surface area contributed by atoms with Crippen molar-refractivity contribution in [2.24, 2.45) is 0 Å². The van der Waals surface area contributed by atoms with Gasteiger partial charge in [-0.3, -0.25) is 0 Å². The number of aliphatic hydroxyl groups excluding tert-OH is 1. The predicted octanol–water partition coefficient (Wildman–Crippen LogP) is 2.58. The minimum Gasteiger partial charge on any atom is -0.387 e. The van der Waals surface area contributed by atoms with Gasteiger partial charge < -0.3 is 9.67 Å². The molecule has 0 aliphatic carbocycles. The normalized spacial score (nSPS) is 12.7. The summed E-state index contributed by atoms with van der Waals surface area (Å²) in [5, 5.41) is 10.5. The largest absolute Gasteiger partial charge is 0.387 e. The van der Waals surface area contributed by atoms with Crippen molar-refractivity contribution in [1.82, 2.24) is 9.55 Å². The SMILES string of the molecule is Cc1ccccc1C(O)Cn1ccnc1Cl. The van der Waals surface area contributed by atoms with Gasteiger partial charge in [-0.15, -0.1) is 0 Å². The highest BCUT2D eigenvalue weighted by Gasteiger charge is 2.11. The first-order valence-corrected chi connectivity index (χ1v) is 5.46. The first-order valence-electron chi connectivity index (χ1n) is 5.08. The summed E-state index contributed by atoms with van der Waals surface area (Å²) in [6, 6.07) is 7.77. The number of benzene rings is 1. The summed E-state index contributed by atoms with van der Waals surface area (Å²) in [7, 11) is 0. The van der Waals surface area contributed by atoms with Crippen molar-refractivity contribution in [3.63, 3.8) is 0 Å². The molecule has 1 unspecified atom stereocenters. The number of aliphatic hydroxyl groups is 1. The summed E-state index contributed by atoms with van der Waals surface area (Å²) in [5.41, 5.74) is 2.00. The number of aromatic nitrogens is 2. The van der Waals surface area contributed by atoms with Gasteiger partial charge >= 0.3 is 0 Å².